The van der Waals surface area contributed by atoms with E-state index in [0.717, 1.165) is 49.4 Å². The SMILES string of the molecule is CCCNC(CCCOC)Cc1ccc(Cl)cc1Cl. The van der Waals surface area contributed by atoms with E-state index >= 15 is 0 Å². The second kappa shape index (κ2) is 9.60. The molecule has 1 rings (SSSR count). The van der Waals surface area contributed by atoms with Crippen LogP contribution in [-0.4, -0.2) is 26.3 Å². The number of ether oxygens (including phenoxy) is 1. The van der Waals surface area contributed by atoms with Gasteiger partial charge in [-0.05, 0) is 49.9 Å². The highest BCUT2D eigenvalue weighted by molar-refractivity contribution is 6.35. The average molecular weight is 304 g/mol. The quantitative estimate of drug-likeness (QED) is 0.686. The Morgan fingerprint density at radius 1 is 1.32 bits per heavy atom. The van der Waals surface area contributed by atoms with Gasteiger partial charge in [0.2, 0.25) is 0 Å². The van der Waals surface area contributed by atoms with Crippen molar-refractivity contribution in [2.45, 2.75) is 38.6 Å². The van der Waals surface area contributed by atoms with Gasteiger partial charge in [0.15, 0.2) is 0 Å². The summed E-state index contributed by atoms with van der Waals surface area (Å²) in [6.07, 6.45) is 4.21. The van der Waals surface area contributed by atoms with E-state index < -0.39 is 0 Å². The lowest BCUT2D eigenvalue weighted by Gasteiger charge is -2.19. The van der Waals surface area contributed by atoms with E-state index in [9.17, 15) is 0 Å². The van der Waals surface area contributed by atoms with Crippen molar-refractivity contribution in [2.75, 3.05) is 20.3 Å². The summed E-state index contributed by atoms with van der Waals surface area (Å²) in [7, 11) is 1.74. The Morgan fingerprint density at radius 3 is 2.74 bits per heavy atom. The molecule has 0 saturated heterocycles. The predicted octanol–water partition coefficient (Wildman–Crippen LogP) is 4.33. The van der Waals surface area contributed by atoms with Crippen LogP contribution in [-0.2, 0) is 11.2 Å². The topological polar surface area (TPSA) is 21.3 Å². The molecule has 1 unspecified atom stereocenters. The van der Waals surface area contributed by atoms with Gasteiger partial charge in [0.1, 0.15) is 0 Å². The molecule has 0 aliphatic carbocycles. The maximum Gasteiger partial charge on any atom is 0.0462 e. The fraction of sp³-hybridized carbons (Fsp3) is 0.600. The van der Waals surface area contributed by atoms with Gasteiger partial charge in [-0.2, -0.15) is 0 Å². The smallest absolute Gasteiger partial charge is 0.0462 e. The highest BCUT2D eigenvalue weighted by atomic mass is 35.5. The third-order valence-corrected chi connectivity index (χ3v) is 3.65. The summed E-state index contributed by atoms with van der Waals surface area (Å²) in [5.74, 6) is 0. The monoisotopic (exact) mass is 303 g/mol. The summed E-state index contributed by atoms with van der Waals surface area (Å²) in [6, 6.07) is 6.16. The first-order valence-electron chi connectivity index (χ1n) is 6.83. The van der Waals surface area contributed by atoms with Crippen LogP contribution in [0.2, 0.25) is 10.0 Å². The highest BCUT2D eigenvalue weighted by Gasteiger charge is 2.11. The molecule has 19 heavy (non-hydrogen) atoms. The fourth-order valence-electron chi connectivity index (χ4n) is 2.05. The largest absolute Gasteiger partial charge is 0.385 e. The first kappa shape index (κ1) is 16.8. The van der Waals surface area contributed by atoms with Crippen molar-refractivity contribution >= 4 is 23.2 Å². The van der Waals surface area contributed by atoms with Gasteiger partial charge in [-0.3, -0.25) is 0 Å². The molecule has 0 aliphatic heterocycles. The van der Waals surface area contributed by atoms with Crippen molar-refractivity contribution in [3.05, 3.63) is 33.8 Å². The minimum absolute atomic E-state index is 0.439. The number of hydrogen-bond acceptors (Lipinski definition) is 2. The average Bonchev–Trinajstić information content (AvgIpc) is 2.39. The van der Waals surface area contributed by atoms with Gasteiger partial charge in [-0.1, -0.05) is 36.2 Å². The molecule has 0 spiro atoms. The standard InChI is InChI=1S/C15H23Cl2NO/c1-3-8-18-14(5-4-9-19-2)10-12-6-7-13(16)11-15(12)17/h6-7,11,14,18H,3-5,8-10H2,1-2H3. The molecule has 108 valence electrons. The summed E-state index contributed by atoms with van der Waals surface area (Å²) >= 11 is 12.2. The molecule has 0 bridgehead atoms. The van der Waals surface area contributed by atoms with Gasteiger partial charge < -0.3 is 10.1 Å². The van der Waals surface area contributed by atoms with Gasteiger partial charge >= 0.3 is 0 Å². The summed E-state index contributed by atoms with van der Waals surface area (Å²) in [5.41, 5.74) is 1.15. The Bertz CT molecular complexity index is 371. The van der Waals surface area contributed by atoms with Crippen LogP contribution >= 0.6 is 23.2 Å². The zero-order valence-corrected chi connectivity index (χ0v) is 13.2. The van der Waals surface area contributed by atoms with Gasteiger partial charge in [0, 0.05) is 29.8 Å². The van der Waals surface area contributed by atoms with E-state index in [-0.39, 0.29) is 0 Å². The normalized spacial score (nSPS) is 12.6. The second-order valence-electron chi connectivity index (χ2n) is 4.73. The summed E-state index contributed by atoms with van der Waals surface area (Å²) in [4.78, 5) is 0. The predicted molar refractivity (Wildman–Crippen MR) is 83.4 cm³/mol. The third kappa shape index (κ3) is 6.62. The lowest BCUT2D eigenvalue weighted by Crippen LogP contribution is -2.32. The molecular formula is C15H23Cl2NO. The molecule has 0 aliphatic rings. The van der Waals surface area contributed by atoms with Crippen molar-refractivity contribution in [3.63, 3.8) is 0 Å². The van der Waals surface area contributed by atoms with Gasteiger partial charge in [0.25, 0.3) is 0 Å². The number of hydrogen-bond donors (Lipinski definition) is 1. The van der Waals surface area contributed by atoms with Crippen molar-refractivity contribution in [1.29, 1.82) is 0 Å². The van der Waals surface area contributed by atoms with Crippen LogP contribution < -0.4 is 5.32 Å². The van der Waals surface area contributed by atoms with E-state index in [1.165, 1.54) is 0 Å². The Balaban J connectivity index is 2.58. The summed E-state index contributed by atoms with van der Waals surface area (Å²) < 4.78 is 5.12. The maximum atomic E-state index is 6.23. The van der Waals surface area contributed by atoms with Crippen LogP contribution in [0.15, 0.2) is 18.2 Å². The highest BCUT2D eigenvalue weighted by Crippen LogP contribution is 2.22. The Labute approximate surface area is 126 Å². The second-order valence-corrected chi connectivity index (χ2v) is 5.57. The number of benzene rings is 1. The molecular weight excluding hydrogens is 281 g/mol. The Hall–Kier alpha value is -0.280. The molecule has 1 N–H and O–H groups in total. The fourth-order valence-corrected chi connectivity index (χ4v) is 2.54. The lowest BCUT2D eigenvalue weighted by molar-refractivity contribution is 0.188. The summed E-state index contributed by atoms with van der Waals surface area (Å²) in [5, 5.41) is 5.01. The Morgan fingerprint density at radius 2 is 2.11 bits per heavy atom. The first-order valence-corrected chi connectivity index (χ1v) is 7.59. The van der Waals surface area contributed by atoms with Crippen molar-refractivity contribution in [2.24, 2.45) is 0 Å². The van der Waals surface area contributed by atoms with E-state index in [2.05, 4.69) is 12.2 Å². The van der Waals surface area contributed by atoms with Crippen molar-refractivity contribution in [1.82, 2.24) is 5.32 Å². The van der Waals surface area contributed by atoms with Crippen LogP contribution in [0.5, 0.6) is 0 Å². The lowest BCUT2D eigenvalue weighted by atomic mass is 10.0. The summed E-state index contributed by atoms with van der Waals surface area (Å²) in [6.45, 7) is 4.01. The maximum absolute atomic E-state index is 6.23. The van der Waals surface area contributed by atoms with Crippen LogP contribution in [0.4, 0.5) is 0 Å². The van der Waals surface area contributed by atoms with Crippen LogP contribution in [0.25, 0.3) is 0 Å². The minimum atomic E-state index is 0.439. The molecule has 1 aromatic rings. The molecule has 0 heterocycles. The van der Waals surface area contributed by atoms with E-state index in [4.69, 9.17) is 27.9 Å². The molecule has 0 saturated carbocycles. The van der Waals surface area contributed by atoms with Gasteiger partial charge in [-0.15, -0.1) is 0 Å². The molecule has 0 radical (unpaired) electrons. The van der Waals surface area contributed by atoms with E-state index in [0.29, 0.717) is 11.1 Å². The third-order valence-electron chi connectivity index (χ3n) is 3.07. The van der Waals surface area contributed by atoms with Gasteiger partial charge in [0.05, 0.1) is 0 Å². The number of halogens is 2. The zero-order chi connectivity index (χ0) is 14.1. The van der Waals surface area contributed by atoms with E-state index in [1.54, 1.807) is 7.11 Å². The van der Waals surface area contributed by atoms with Crippen LogP contribution in [0.3, 0.4) is 0 Å². The molecule has 1 aromatic carbocycles. The van der Waals surface area contributed by atoms with Crippen LogP contribution in [0.1, 0.15) is 31.7 Å². The minimum Gasteiger partial charge on any atom is -0.385 e. The number of rotatable bonds is 9. The van der Waals surface area contributed by atoms with Gasteiger partial charge in [-0.25, -0.2) is 0 Å². The van der Waals surface area contributed by atoms with E-state index in [1.807, 2.05) is 18.2 Å². The molecule has 0 amide bonds. The molecule has 4 heteroatoms. The van der Waals surface area contributed by atoms with Crippen molar-refractivity contribution in [3.8, 4) is 0 Å². The molecule has 0 fully saturated rings. The number of nitrogens with one attached hydrogen (secondary N) is 1. The molecule has 2 nitrogen and oxygen atoms in total. The van der Waals surface area contributed by atoms with Crippen LogP contribution in [0, 0.1) is 0 Å². The number of methoxy groups -OCH3 is 1. The Kier molecular flexibility index (Phi) is 8.47. The first-order chi connectivity index (χ1) is 9.17. The zero-order valence-electron chi connectivity index (χ0n) is 11.7. The molecule has 0 aromatic heterocycles. The van der Waals surface area contributed by atoms with Crippen molar-refractivity contribution < 1.29 is 4.74 Å². The molecule has 1 atom stereocenters.